The highest BCUT2D eigenvalue weighted by Gasteiger charge is 2.20. The summed E-state index contributed by atoms with van der Waals surface area (Å²) in [5.74, 6) is 1.60. The number of halogens is 1. The van der Waals surface area contributed by atoms with Crippen LogP contribution in [0.4, 0.5) is 0 Å². The standard InChI is InChI=1S/C18H17ClO7/c1-21-13-6-11(7-14(22-2)17(13)23-3)18(20)24-8-10-4-12(19)16-15(5-10)25-9-26-16/h4-7H,8-9H2,1-3H3. The molecule has 2 aromatic rings. The Bertz CT molecular complexity index is 810. The van der Waals surface area contributed by atoms with Gasteiger partial charge in [0.1, 0.15) is 6.61 Å². The largest absolute Gasteiger partial charge is 0.493 e. The van der Waals surface area contributed by atoms with E-state index in [0.717, 1.165) is 0 Å². The van der Waals surface area contributed by atoms with Crippen molar-refractivity contribution < 1.29 is 33.2 Å². The molecular formula is C18H17ClO7. The van der Waals surface area contributed by atoms with Gasteiger partial charge in [0.15, 0.2) is 23.0 Å². The molecule has 1 aliphatic rings. The van der Waals surface area contributed by atoms with Crippen LogP contribution in [-0.2, 0) is 11.3 Å². The number of hydrogen-bond donors (Lipinski definition) is 0. The lowest BCUT2D eigenvalue weighted by molar-refractivity contribution is 0.0471. The number of benzene rings is 2. The molecule has 0 saturated heterocycles. The molecule has 0 unspecified atom stereocenters. The van der Waals surface area contributed by atoms with Crippen LogP contribution < -0.4 is 23.7 Å². The minimum absolute atomic E-state index is 0.0197. The van der Waals surface area contributed by atoms with Gasteiger partial charge in [0.05, 0.1) is 31.9 Å². The van der Waals surface area contributed by atoms with Gasteiger partial charge in [-0.05, 0) is 29.8 Å². The van der Waals surface area contributed by atoms with Gasteiger partial charge in [-0.25, -0.2) is 4.79 Å². The van der Waals surface area contributed by atoms with Gasteiger partial charge in [-0.1, -0.05) is 11.6 Å². The van der Waals surface area contributed by atoms with Crippen LogP contribution in [0.3, 0.4) is 0 Å². The maximum Gasteiger partial charge on any atom is 0.338 e. The van der Waals surface area contributed by atoms with E-state index in [1.807, 2.05) is 0 Å². The SMILES string of the molecule is COc1cc(C(=O)OCc2cc(Cl)c3c(c2)OCO3)cc(OC)c1OC. The number of carbonyl (C=O) groups is 1. The van der Waals surface area contributed by atoms with Gasteiger partial charge in [0, 0.05) is 0 Å². The second-order valence-corrected chi connectivity index (χ2v) is 5.71. The number of rotatable bonds is 6. The smallest absolute Gasteiger partial charge is 0.338 e. The van der Waals surface area contributed by atoms with Crippen molar-refractivity contribution in [2.75, 3.05) is 28.1 Å². The van der Waals surface area contributed by atoms with Crippen LogP contribution in [0.5, 0.6) is 28.7 Å². The lowest BCUT2D eigenvalue weighted by Crippen LogP contribution is -2.07. The Kier molecular flexibility index (Phi) is 5.27. The fourth-order valence-electron chi connectivity index (χ4n) is 2.54. The van der Waals surface area contributed by atoms with Crippen LogP contribution in [0.15, 0.2) is 24.3 Å². The molecule has 0 radical (unpaired) electrons. The zero-order valence-corrected chi connectivity index (χ0v) is 15.2. The highest BCUT2D eigenvalue weighted by Crippen LogP contribution is 2.40. The van der Waals surface area contributed by atoms with E-state index in [-0.39, 0.29) is 19.0 Å². The lowest BCUT2D eigenvalue weighted by Gasteiger charge is -2.14. The third-order valence-corrected chi connectivity index (χ3v) is 4.04. The predicted molar refractivity (Wildman–Crippen MR) is 92.8 cm³/mol. The van der Waals surface area contributed by atoms with E-state index in [1.165, 1.54) is 33.5 Å². The van der Waals surface area contributed by atoms with Crippen molar-refractivity contribution in [3.8, 4) is 28.7 Å². The maximum absolute atomic E-state index is 12.4. The minimum atomic E-state index is -0.543. The van der Waals surface area contributed by atoms with E-state index in [1.54, 1.807) is 12.1 Å². The van der Waals surface area contributed by atoms with Crippen molar-refractivity contribution >= 4 is 17.6 Å². The second kappa shape index (κ2) is 7.61. The first-order valence-electron chi connectivity index (χ1n) is 7.62. The Labute approximate surface area is 155 Å². The molecular weight excluding hydrogens is 364 g/mol. The summed E-state index contributed by atoms with van der Waals surface area (Å²) in [5, 5.41) is 0.402. The van der Waals surface area contributed by atoms with Gasteiger partial charge in [-0.3, -0.25) is 0 Å². The van der Waals surface area contributed by atoms with Crippen LogP contribution in [0, 0.1) is 0 Å². The van der Waals surface area contributed by atoms with Crippen molar-refractivity contribution in [2.45, 2.75) is 6.61 Å². The van der Waals surface area contributed by atoms with Crippen molar-refractivity contribution in [1.29, 1.82) is 0 Å². The predicted octanol–water partition coefficient (Wildman–Crippen LogP) is 3.45. The molecule has 26 heavy (non-hydrogen) atoms. The molecule has 0 aliphatic carbocycles. The Morgan fingerprint density at radius 3 is 2.35 bits per heavy atom. The topological polar surface area (TPSA) is 72.5 Å². The lowest BCUT2D eigenvalue weighted by atomic mass is 10.1. The third kappa shape index (κ3) is 3.43. The normalized spacial score (nSPS) is 11.8. The molecule has 0 bridgehead atoms. The van der Waals surface area contributed by atoms with Crippen LogP contribution in [0.1, 0.15) is 15.9 Å². The average molecular weight is 381 g/mol. The summed E-state index contributed by atoms with van der Waals surface area (Å²) in [6.07, 6.45) is 0. The number of methoxy groups -OCH3 is 3. The average Bonchev–Trinajstić information content (AvgIpc) is 3.14. The number of ether oxygens (including phenoxy) is 6. The first-order valence-corrected chi connectivity index (χ1v) is 8.00. The van der Waals surface area contributed by atoms with E-state index >= 15 is 0 Å². The van der Waals surface area contributed by atoms with Crippen molar-refractivity contribution in [3.63, 3.8) is 0 Å². The second-order valence-electron chi connectivity index (χ2n) is 5.30. The highest BCUT2D eigenvalue weighted by molar-refractivity contribution is 6.32. The van der Waals surface area contributed by atoms with E-state index in [0.29, 0.717) is 39.3 Å². The summed E-state index contributed by atoms with van der Waals surface area (Å²) in [6, 6.07) is 6.43. The molecule has 0 N–H and O–H groups in total. The zero-order valence-electron chi connectivity index (χ0n) is 14.5. The highest BCUT2D eigenvalue weighted by atomic mass is 35.5. The number of esters is 1. The summed E-state index contributed by atoms with van der Waals surface area (Å²) in [4.78, 5) is 12.4. The Morgan fingerprint density at radius 2 is 1.73 bits per heavy atom. The van der Waals surface area contributed by atoms with Crippen LogP contribution >= 0.6 is 11.6 Å². The number of hydrogen-bond acceptors (Lipinski definition) is 7. The van der Waals surface area contributed by atoms with Gasteiger partial charge in [-0.15, -0.1) is 0 Å². The Hall–Kier alpha value is -2.80. The maximum atomic E-state index is 12.4. The monoisotopic (exact) mass is 380 g/mol. The molecule has 8 heteroatoms. The first kappa shape index (κ1) is 18.0. The molecule has 2 aromatic carbocycles. The molecule has 0 atom stereocenters. The minimum Gasteiger partial charge on any atom is -0.493 e. The van der Waals surface area contributed by atoms with Gasteiger partial charge in [0.2, 0.25) is 12.5 Å². The molecule has 0 saturated carbocycles. The van der Waals surface area contributed by atoms with Crippen molar-refractivity contribution in [2.24, 2.45) is 0 Å². The summed E-state index contributed by atoms with van der Waals surface area (Å²) in [6.45, 7) is 0.135. The molecule has 1 aliphatic heterocycles. The molecule has 0 fully saturated rings. The number of carbonyl (C=O) groups excluding carboxylic acids is 1. The Balaban J connectivity index is 1.77. The molecule has 1 heterocycles. The molecule has 0 aromatic heterocycles. The fourth-order valence-corrected chi connectivity index (χ4v) is 2.82. The zero-order chi connectivity index (χ0) is 18.7. The first-order chi connectivity index (χ1) is 12.6. The molecule has 138 valence electrons. The van der Waals surface area contributed by atoms with E-state index < -0.39 is 5.97 Å². The Morgan fingerprint density at radius 1 is 1.04 bits per heavy atom. The molecule has 0 spiro atoms. The summed E-state index contributed by atoms with van der Waals surface area (Å²) >= 11 is 6.13. The van der Waals surface area contributed by atoms with E-state index in [4.69, 9.17) is 40.0 Å². The number of fused-ring (bicyclic) bond motifs is 1. The van der Waals surface area contributed by atoms with E-state index in [9.17, 15) is 4.79 Å². The van der Waals surface area contributed by atoms with Crippen LogP contribution in [0.2, 0.25) is 5.02 Å². The van der Waals surface area contributed by atoms with Crippen molar-refractivity contribution in [3.05, 3.63) is 40.4 Å². The van der Waals surface area contributed by atoms with Gasteiger partial charge >= 0.3 is 5.97 Å². The fraction of sp³-hybridized carbons (Fsp3) is 0.278. The van der Waals surface area contributed by atoms with E-state index in [2.05, 4.69) is 0 Å². The van der Waals surface area contributed by atoms with Gasteiger partial charge in [0.25, 0.3) is 0 Å². The third-order valence-electron chi connectivity index (χ3n) is 3.76. The van der Waals surface area contributed by atoms with Crippen molar-refractivity contribution in [1.82, 2.24) is 0 Å². The molecule has 3 rings (SSSR count). The van der Waals surface area contributed by atoms with Gasteiger partial charge < -0.3 is 28.4 Å². The van der Waals surface area contributed by atoms with Gasteiger partial charge in [-0.2, -0.15) is 0 Å². The van der Waals surface area contributed by atoms with Crippen LogP contribution in [-0.4, -0.2) is 34.1 Å². The van der Waals surface area contributed by atoms with Crippen LogP contribution in [0.25, 0.3) is 0 Å². The molecule has 7 nitrogen and oxygen atoms in total. The quantitative estimate of drug-likeness (QED) is 0.710. The molecule has 0 amide bonds. The summed E-state index contributed by atoms with van der Waals surface area (Å²) < 4.78 is 31.6. The summed E-state index contributed by atoms with van der Waals surface area (Å²) in [7, 11) is 4.43. The summed E-state index contributed by atoms with van der Waals surface area (Å²) in [5.41, 5.74) is 0.950.